The molecule has 5 rings (SSSR count). The first-order valence-electron chi connectivity index (χ1n) is 10.3. The predicted molar refractivity (Wildman–Crippen MR) is 125 cm³/mol. The molecule has 0 spiro atoms. The lowest BCUT2D eigenvalue weighted by Crippen LogP contribution is -2.30. The minimum absolute atomic E-state index is 0.0550. The van der Waals surface area contributed by atoms with E-state index >= 15 is 0 Å². The smallest absolute Gasteiger partial charge is 0.293 e. The Morgan fingerprint density at radius 3 is 2.52 bits per heavy atom. The lowest BCUT2D eigenvalue weighted by atomic mass is 10.0. The second-order valence-corrected chi connectivity index (χ2v) is 7.66. The Bertz CT molecular complexity index is 1580. The fourth-order valence-electron chi connectivity index (χ4n) is 3.76. The van der Waals surface area contributed by atoms with Crippen LogP contribution in [0.1, 0.15) is 17.3 Å². The van der Waals surface area contributed by atoms with Gasteiger partial charge in [-0.25, -0.2) is 9.20 Å². The van der Waals surface area contributed by atoms with Crippen LogP contribution in [0.25, 0.3) is 27.5 Å². The van der Waals surface area contributed by atoms with Gasteiger partial charge in [-0.1, -0.05) is 42.5 Å². The van der Waals surface area contributed by atoms with E-state index in [0.29, 0.717) is 22.5 Å². The molecule has 8 nitrogen and oxygen atoms in total. The van der Waals surface area contributed by atoms with Crippen molar-refractivity contribution in [2.24, 2.45) is 0 Å². The molecule has 33 heavy (non-hydrogen) atoms. The highest BCUT2D eigenvalue weighted by molar-refractivity contribution is 5.97. The van der Waals surface area contributed by atoms with Crippen LogP contribution in [-0.2, 0) is 11.3 Å². The van der Waals surface area contributed by atoms with Gasteiger partial charge in [0.2, 0.25) is 5.91 Å². The predicted octanol–water partition coefficient (Wildman–Crippen LogP) is 3.55. The summed E-state index contributed by atoms with van der Waals surface area (Å²) in [6.45, 7) is 1.22. The summed E-state index contributed by atoms with van der Waals surface area (Å²) in [4.78, 5) is 36.8. The average molecular weight is 437 g/mol. The maximum atomic E-state index is 13.0. The zero-order valence-corrected chi connectivity index (χ0v) is 17.7. The zero-order valence-electron chi connectivity index (χ0n) is 17.7. The molecule has 1 N–H and O–H groups in total. The van der Waals surface area contributed by atoms with E-state index < -0.39 is 11.5 Å². The van der Waals surface area contributed by atoms with Gasteiger partial charge in [0.05, 0.1) is 5.69 Å². The molecule has 0 atom stereocenters. The highest BCUT2D eigenvalue weighted by atomic mass is 16.2. The van der Waals surface area contributed by atoms with E-state index in [1.807, 2.05) is 42.5 Å². The number of Topliss-reactive ketones (excluding diaryl/α,β-unsaturated/α-hetero) is 1. The Hall–Kier alpha value is -4.59. The standard InChI is InChI=1S/C25H19N5O3/c1-16(31)17-9-11-19(12-10-17)27-24(32)14-29-25(33)23-13-22(28-30(23)15-26-29)21-8-4-6-18-5-2-3-7-20(18)21/h2-13,15H,14H2,1H3,(H,27,32). The van der Waals surface area contributed by atoms with E-state index in [1.165, 1.54) is 17.8 Å². The molecule has 0 bridgehead atoms. The first-order valence-corrected chi connectivity index (χ1v) is 10.3. The van der Waals surface area contributed by atoms with Gasteiger partial charge in [0.15, 0.2) is 5.78 Å². The molecule has 0 radical (unpaired) electrons. The Morgan fingerprint density at radius 2 is 1.73 bits per heavy atom. The molecule has 1 amide bonds. The zero-order chi connectivity index (χ0) is 22.9. The Balaban J connectivity index is 1.42. The molecular weight excluding hydrogens is 418 g/mol. The molecule has 8 heteroatoms. The molecule has 0 saturated carbocycles. The summed E-state index contributed by atoms with van der Waals surface area (Å²) in [7, 11) is 0. The van der Waals surface area contributed by atoms with Crippen LogP contribution in [0.15, 0.2) is 83.9 Å². The van der Waals surface area contributed by atoms with Crippen molar-refractivity contribution < 1.29 is 9.59 Å². The number of rotatable bonds is 5. The minimum Gasteiger partial charge on any atom is -0.324 e. The fraction of sp³-hybridized carbons (Fsp3) is 0.0800. The van der Waals surface area contributed by atoms with Gasteiger partial charge in [0.1, 0.15) is 18.4 Å². The van der Waals surface area contributed by atoms with E-state index in [4.69, 9.17) is 0 Å². The first-order chi connectivity index (χ1) is 16.0. The van der Waals surface area contributed by atoms with Gasteiger partial charge in [0, 0.05) is 16.8 Å². The van der Waals surface area contributed by atoms with E-state index in [9.17, 15) is 14.4 Å². The Labute approximate surface area is 188 Å². The van der Waals surface area contributed by atoms with Crippen LogP contribution < -0.4 is 10.9 Å². The van der Waals surface area contributed by atoms with Crippen molar-refractivity contribution in [3.63, 3.8) is 0 Å². The Morgan fingerprint density at radius 1 is 0.970 bits per heavy atom. The topological polar surface area (TPSA) is 98.4 Å². The third-order valence-corrected chi connectivity index (χ3v) is 5.42. The lowest BCUT2D eigenvalue weighted by molar-refractivity contribution is -0.117. The van der Waals surface area contributed by atoms with Crippen molar-refractivity contribution in [3.8, 4) is 11.3 Å². The number of nitrogens with zero attached hydrogens (tertiary/aromatic N) is 4. The number of aromatic nitrogens is 4. The normalized spacial score (nSPS) is 11.1. The largest absolute Gasteiger partial charge is 0.324 e. The maximum Gasteiger partial charge on any atom is 0.293 e. The van der Waals surface area contributed by atoms with Crippen molar-refractivity contribution >= 4 is 33.7 Å². The van der Waals surface area contributed by atoms with Gasteiger partial charge in [-0.15, -0.1) is 0 Å². The number of nitrogens with one attached hydrogen (secondary N) is 1. The molecule has 0 aliphatic rings. The van der Waals surface area contributed by atoms with Gasteiger partial charge < -0.3 is 5.32 Å². The number of amides is 1. The molecule has 2 aromatic heterocycles. The summed E-state index contributed by atoms with van der Waals surface area (Å²) < 4.78 is 2.53. The van der Waals surface area contributed by atoms with Gasteiger partial charge in [-0.05, 0) is 48.0 Å². The van der Waals surface area contributed by atoms with Gasteiger partial charge in [-0.2, -0.15) is 10.2 Å². The lowest BCUT2D eigenvalue weighted by Gasteiger charge is -2.07. The van der Waals surface area contributed by atoms with Crippen LogP contribution in [0.5, 0.6) is 0 Å². The molecule has 0 aliphatic heterocycles. The monoisotopic (exact) mass is 437 g/mol. The third kappa shape index (κ3) is 3.89. The number of ketones is 1. The van der Waals surface area contributed by atoms with E-state index in [0.717, 1.165) is 21.0 Å². The highest BCUT2D eigenvalue weighted by Crippen LogP contribution is 2.27. The Kier molecular flexibility index (Phi) is 5.02. The van der Waals surface area contributed by atoms with Crippen LogP contribution in [0.3, 0.4) is 0 Å². The molecule has 0 aliphatic carbocycles. The summed E-state index contributed by atoms with van der Waals surface area (Å²) in [5, 5.41) is 13.4. The molecule has 162 valence electrons. The van der Waals surface area contributed by atoms with E-state index in [2.05, 4.69) is 15.5 Å². The van der Waals surface area contributed by atoms with Crippen molar-refractivity contribution in [1.29, 1.82) is 0 Å². The number of hydrogen-bond donors (Lipinski definition) is 1. The molecule has 0 unspecified atom stereocenters. The summed E-state index contributed by atoms with van der Waals surface area (Å²) in [6.07, 6.45) is 1.42. The van der Waals surface area contributed by atoms with E-state index in [-0.39, 0.29) is 12.3 Å². The van der Waals surface area contributed by atoms with Crippen molar-refractivity contribution in [2.75, 3.05) is 5.32 Å². The summed E-state index contributed by atoms with van der Waals surface area (Å²) in [6, 6.07) is 22.2. The second kappa shape index (κ2) is 8.16. The van der Waals surface area contributed by atoms with Crippen LogP contribution in [0.4, 0.5) is 5.69 Å². The molecule has 5 aromatic rings. The van der Waals surface area contributed by atoms with Gasteiger partial charge >= 0.3 is 0 Å². The van der Waals surface area contributed by atoms with Gasteiger partial charge in [-0.3, -0.25) is 14.4 Å². The van der Waals surface area contributed by atoms with Crippen molar-refractivity contribution in [3.05, 3.63) is 95.0 Å². The van der Waals surface area contributed by atoms with E-state index in [1.54, 1.807) is 30.3 Å². The minimum atomic E-state index is -0.418. The van der Waals surface area contributed by atoms with Crippen LogP contribution in [0.2, 0.25) is 0 Å². The SMILES string of the molecule is CC(=O)c1ccc(NC(=O)Cn2ncn3nc(-c4cccc5ccccc45)cc3c2=O)cc1. The summed E-state index contributed by atoms with van der Waals surface area (Å²) in [5.74, 6) is -0.459. The maximum absolute atomic E-state index is 13.0. The quantitative estimate of drug-likeness (QED) is 0.424. The van der Waals surface area contributed by atoms with Gasteiger partial charge in [0.25, 0.3) is 5.56 Å². The molecule has 0 saturated heterocycles. The van der Waals surface area contributed by atoms with Crippen LogP contribution >= 0.6 is 0 Å². The number of carbonyl (C=O) groups is 2. The summed E-state index contributed by atoms with van der Waals surface area (Å²) >= 11 is 0. The second-order valence-electron chi connectivity index (χ2n) is 7.66. The van der Waals surface area contributed by atoms with Crippen LogP contribution in [0, 0.1) is 0 Å². The first kappa shape index (κ1) is 20.3. The van der Waals surface area contributed by atoms with Crippen molar-refractivity contribution in [2.45, 2.75) is 13.5 Å². The molecule has 2 heterocycles. The highest BCUT2D eigenvalue weighted by Gasteiger charge is 2.14. The summed E-state index contributed by atoms with van der Waals surface area (Å²) in [5.41, 5.74) is 2.55. The van der Waals surface area contributed by atoms with Crippen molar-refractivity contribution in [1.82, 2.24) is 19.4 Å². The number of fused-ring (bicyclic) bond motifs is 2. The number of carbonyl (C=O) groups excluding carboxylic acids is 2. The molecular formula is C25H19N5O3. The number of benzene rings is 3. The third-order valence-electron chi connectivity index (χ3n) is 5.42. The fourth-order valence-corrected chi connectivity index (χ4v) is 3.76. The molecule has 0 fully saturated rings. The number of hydrogen-bond acceptors (Lipinski definition) is 5. The number of anilines is 1. The average Bonchev–Trinajstić information content (AvgIpc) is 3.26. The van der Waals surface area contributed by atoms with Crippen LogP contribution in [-0.4, -0.2) is 31.1 Å². The molecule has 3 aromatic carbocycles.